The molecule has 11 saturated carbocycles. The minimum Gasteiger partial charge on any atom is -0.691 e. The van der Waals surface area contributed by atoms with Crippen LogP contribution < -0.4 is 5.26 Å². The molecule has 0 aromatic carbocycles. The van der Waals surface area contributed by atoms with Crippen molar-refractivity contribution in [2.45, 2.75) is 87.9 Å². The Labute approximate surface area is 225 Å². The summed E-state index contributed by atoms with van der Waals surface area (Å²) < 4.78 is 43.3. The molecule has 10 heteroatoms. The fourth-order valence-corrected chi connectivity index (χ4v) is 12.8. The summed E-state index contributed by atoms with van der Waals surface area (Å²) in [7, 11) is 0. The average molecular weight is 554 g/mol. The van der Waals surface area contributed by atoms with E-state index in [4.69, 9.17) is 9.47 Å². The zero-order valence-corrected chi connectivity index (χ0v) is 22.2. The minimum atomic E-state index is -4.05. The minimum absolute atomic E-state index is 0.0114. The molecule has 11 aliphatic rings. The fraction of sp³-hybridized carbons (Fsp3) is 0.929. The standard InChI is InChI=1S/C28H36F2O7S/c29-28(30,38-37-36-33)24(32)34-13-25-5-15-1-16(6-25)8-27(7-15,12-25)35-23(31)26-9-20-17-2-14-3-18(20)22(11-26)19(4-14)21(17)10-26/h14-22,33H,1-13H2/p-1. The van der Waals surface area contributed by atoms with Gasteiger partial charge in [-0.25, -0.2) is 4.79 Å². The Hall–Kier alpha value is -0.970. The first kappa shape index (κ1) is 24.8. The van der Waals surface area contributed by atoms with Crippen LogP contribution in [0.2, 0.25) is 0 Å². The smallest absolute Gasteiger partial charge is 0.415 e. The lowest BCUT2D eigenvalue weighted by Crippen LogP contribution is -2.67. The van der Waals surface area contributed by atoms with E-state index in [9.17, 15) is 23.6 Å². The first-order chi connectivity index (χ1) is 18.1. The SMILES string of the molecule is O=C(OC12CC3CC(CC(COC(=O)C(F)(F)SOO[O-])(C3)C1)C2)C12CC3C4CC5CC3C(C1)C(C5)C4C2. The molecule has 7 nitrogen and oxygen atoms in total. The van der Waals surface area contributed by atoms with E-state index in [1.54, 1.807) is 0 Å². The summed E-state index contributed by atoms with van der Waals surface area (Å²) >= 11 is -0.664. The van der Waals surface area contributed by atoms with Gasteiger partial charge in [0, 0.05) is 5.41 Å². The van der Waals surface area contributed by atoms with E-state index in [0.717, 1.165) is 75.0 Å². The second kappa shape index (κ2) is 8.07. The number of esters is 2. The summed E-state index contributed by atoms with van der Waals surface area (Å²) in [4.78, 5) is 26.2. The molecule has 11 fully saturated rings. The van der Waals surface area contributed by atoms with Crippen molar-refractivity contribution in [1.29, 1.82) is 0 Å². The van der Waals surface area contributed by atoms with Crippen LogP contribution in [0.5, 0.6) is 0 Å². The second-order valence-electron chi connectivity index (χ2n) is 14.8. The quantitative estimate of drug-likeness (QED) is 0.187. The van der Waals surface area contributed by atoms with Crippen molar-refractivity contribution in [2.75, 3.05) is 6.61 Å². The van der Waals surface area contributed by atoms with Crippen LogP contribution in [-0.4, -0.2) is 29.4 Å². The van der Waals surface area contributed by atoms with Gasteiger partial charge in [0.25, 0.3) is 0 Å². The van der Waals surface area contributed by atoms with Gasteiger partial charge >= 0.3 is 17.2 Å². The van der Waals surface area contributed by atoms with Crippen LogP contribution >= 0.6 is 12.0 Å². The van der Waals surface area contributed by atoms with Crippen LogP contribution in [0, 0.1) is 64.1 Å². The van der Waals surface area contributed by atoms with Crippen LogP contribution in [0.4, 0.5) is 8.78 Å². The maximum atomic E-state index is 14.2. The molecule has 0 amide bonds. The molecule has 0 radical (unpaired) electrons. The first-order valence-electron chi connectivity index (χ1n) is 14.6. The van der Waals surface area contributed by atoms with E-state index >= 15 is 0 Å². The highest BCUT2D eigenvalue weighted by Crippen LogP contribution is 2.75. The molecule has 0 saturated heterocycles. The normalized spacial score (nSPS) is 52.6. The summed E-state index contributed by atoms with van der Waals surface area (Å²) in [6, 6.07) is 0. The Kier molecular flexibility index (Phi) is 5.26. The average Bonchev–Trinajstić information content (AvgIpc) is 2.87. The van der Waals surface area contributed by atoms with Gasteiger partial charge in [0.05, 0.1) is 12.0 Å². The number of alkyl halides is 2. The summed E-state index contributed by atoms with van der Waals surface area (Å²) in [5.41, 5.74) is -1.37. The predicted octanol–water partition coefficient (Wildman–Crippen LogP) is 4.58. The van der Waals surface area contributed by atoms with Crippen LogP contribution in [0.15, 0.2) is 0 Å². The summed E-state index contributed by atoms with van der Waals surface area (Å²) in [6.07, 6.45) is 12.0. The van der Waals surface area contributed by atoms with Crippen molar-refractivity contribution in [3.63, 3.8) is 0 Å². The topological polar surface area (TPSA) is 94.1 Å². The third-order valence-electron chi connectivity index (χ3n) is 12.8. The molecule has 0 aliphatic heterocycles. The molecule has 0 N–H and O–H groups in total. The first-order valence-corrected chi connectivity index (χ1v) is 15.3. The van der Waals surface area contributed by atoms with E-state index in [1.807, 2.05) is 0 Å². The zero-order valence-electron chi connectivity index (χ0n) is 21.4. The predicted molar refractivity (Wildman–Crippen MR) is 126 cm³/mol. The van der Waals surface area contributed by atoms with Gasteiger partial charge in [-0.3, -0.25) is 9.83 Å². The molecule has 12 bridgehead atoms. The molecular formula is C28H35F2O7S-. The van der Waals surface area contributed by atoms with E-state index in [2.05, 4.69) is 9.37 Å². The van der Waals surface area contributed by atoms with Crippen molar-refractivity contribution in [2.24, 2.45) is 64.1 Å². The third-order valence-corrected chi connectivity index (χ3v) is 13.3. The fourth-order valence-electron chi connectivity index (χ4n) is 12.5. The molecule has 0 heterocycles. The van der Waals surface area contributed by atoms with Crippen LogP contribution in [0.3, 0.4) is 0 Å². The molecule has 11 rings (SSSR count). The van der Waals surface area contributed by atoms with Crippen molar-refractivity contribution in [1.82, 2.24) is 0 Å². The third kappa shape index (κ3) is 3.48. The van der Waals surface area contributed by atoms with Crippen molar-refractivity contribution >= 4 is 24.0 Å². The number of carbonyl (C=O) groups excluding carboxylic acids is 2. The lowest BCUT2D eigenvalue weighted by molar-refractivity contribution is -0.777. The van der Waals surface area contributed by atoms with Crippen LogP contribution in [-0.2, 0) is 28.4 Å². The molecule has 0 aromatic rings. The Morgan fingerprint density at radius 1 is 0.816 bits per heavy atom. The highest BCUT2D eigenvalue weighted by molar-refractivity contribution is 7.96. The van der Waals surface area contributed by atoms with E-state index in [-0.39, 0.29) is 18.0 Å². The summed E-state index contributed by atoms with van der Waals surface area (Å²) in [5.74, 6) is 4.46. The molecule has 11 aliphatic carbocycles. The zero-order chi connectivity index (χ0) is 26.1. The molecule has 38 heavy (non-hydrogen) atoms. The van der Waals surface area contributed by atoms with Gasteiger partial charge in [-0.1, -0.05) is 0 Å². The van der Waals surface area contributed by atoms with Gasteiger partial charge < -0.3 is 14.7 Å². The lowest BCUT2D eigenvalue weighted by Gasteiger charge is -2.72. The number of rotatable bonds is 8. The largest absolute Gasteiger partial charge is 0.691 e. The maximum Gasteiger partial charge on any atom is 0.415 e. The van der Waals surface area contributed by atoms with Crippen molar-refractivity contribution < 1.29 is 42.5 Å². The van der Waals surface area contributed by atoms with Gasteiger partial charge in [0.15, 0.2) is 0 Å². The molecule has 210 valence electrons. The van der Waals surface area contributed by atoms with E-state index < -0.39 is 34.3 Å². The van der Waals surface area contributed by atoms with Crippen LogP contribution in [0.1, 0.15) is 77.0 Å². The lowest BCUT2D eigenvalue weighted by atomic mass is 9.33. The number of hydrogen-bond acceptors (Lipinski definition) is 8. The van der Waals surface area contributed by atoms with Gasteiger partial charge in [0.1, 0.15) is 17.6 Å². The number of carbonyl (C=O) groups is 2. The van der Waals surface area contributed by atoms with Crippen molar-refractivity contribution in [3.8, 4) is 0 Å². The maximum absolute atomic E-state index is 14.2. The highest BCUT2D eigenvalue weighted by Gasteiger charge is 2.70. The second-order valence-corrected chi connectivity index (χ2v) is 15.6. The molecule has 2 unspecified atom stereocenters. The Morgan fingerprint density at radius 2 is 1.39 bits per heavy atom. The Bertz CT molecular complexity index is 976. The summed E-state index contributed by atoms with van der Waals surface area (Å²) in [6.45, 7) is -0.143. The van der Waals surface area contributed by atoms with E-state index in [0.29, 0.717) is 36.0 Å². The molecule has 0 spiro atoms. The van der Waals surface area contributed by atoms with Gasteiger partial charge in [-0.05, 0) is 130 Å². The van der Waals surface area contributed by atoms with E-state index in [1.165, 1.54) is 19.3 Å². The Morgan fingerprint density at radius 3 is 1.95 bits per heavy atom. The van der Waals surface area contributed by atoms with Gasteiger partial charge in [0.2, 0.25) is 0 Å². The Balaban J connectivity index is 0.989. The summed E-state index contributed by atoms with van der Waals surface area (Å²) in [5, 5.41) is 8.81. The monoisotopic (exact) mass is 553 g/mol. The molecule has 2 atom stereocenters. The van der Waals surface area contributed by atoms with Gasteiger partial charge in [-0.15, -0.1) is 0 Å². The number of ether oxygens (including phenoxy) is 2. The van der Waals surface area contributed by atoms with Crippen molar-refractivity contribution in [3.05, 3.63) is 0 Å². The number of halogens is 2. The van der Waals surface area contributed by atoms with Gasteiger partial charge in [-0.2, -0.15) is 13.1 Å². The van der Waals surface area contributed by atoms with Crippen LogP contribution in [0.25, 0.3) is 0 Å². The highest BCUT2D eigenvalue weighted by atomic mass is 32.2. The number of hydrogen-bond donors (Lipinski definition) is 0. The molecule has 0 aromatic heterocycles. The molecular weight excluding hydrogens is 518 g/mol.